The van der Waals surface area contributed by atoms with Gasteiger partial charge in [-0.05, 0) is 18.9 Å². The van der Waals surface area contributed by atoms with E-state index in [1.807, 2.05) is 13.8 Å². The lowest BCUT2D eigenvalue weighted by molar-refractivity contribution is -0.131. The van der Waals surface area contributed by atoms with Crippen LogP contribution in [0.1, 0.15) is 42.1 Å². The van der Waals surface area contributed by atoms with Crippen molar-refractivity contribution in [1.29, 1.82) is 0 Å². The first-order chi connectivity index (χ1) is 8.85. The second-order valence-corrected chi connectivity index (χ2v) is 5.02. The zero-order chi connectivity index (χ0) is 14.6. The highest BCUT2D eigenvalue weighted by Crippen LogP contribution is 2.17. The standard InChI is InChI=1S/C14H21NO4/c1-9(2)6-13(16)15(4)8-11-7-12(10(3)19-11)14(17)18-5/h7,9H,6,8H2,1-5H3. The summed E-state index contributed by atoms with van der Waals surface area (Å²) >= 11 is 0. The number of carbonyl (C=O) groups is 2. The van der Waals surface area contributed by atoms with Gasteiger partial charge in [-0.15, -0.1) is 0 Å². The average molecular weight is 267 g/mol. The molecule has 1 rings (SSSR count). The molecule has 0 N–H and O–H groups in total. The number of nitrogens with zero attached hydrogens (tertiary/aromatic N) is 1. The highest BCUT2D eigenvalue weighted by molar-refractivity contribution is 5.90. The summed E-state index contributed by atoms with van der Waals surface area (Å²) in [5.41, 5.74) is 0.405. The molecule has 0 fully saturated rings. The van der Waals surface area contributed by atoms with Crippen LogP contribution in [0.25, 0.3) is 0 Å². The number of carbonyl (C=O) groups excluding carboxylic acids is 2. The molecule has 1 amide bonds. The lowest BCUT2D eigenvalue weighted by atomic mass is 10.1. The van der Waals surface area contributed by atoms with Gasteiger partial charge >= 0.3 is 5.97 Å². The largest absolute Gasteiger partial charge is 0.465 e. The summed E-state index contributed by atoms with van der Waals surface area (Å²) in [6.45, 7) is 6.05. The predicted molar refractivity (Wildman–Crippen MR) is 70.7 cm³/mol. The van der Waals surface area contributed by atoms with Crippen LogP contribution in [0, 0.1) is 12.8 Å². The van der Waals surface area contributed by atoms with Gasteiger partial charge in [0.1, 0.15) is 17.1 Å². The zero-order valence-corrected chi connectivity index (χ0v) is 12.1. The third-order valence-corrected chi connectivity index (χ3v) is 2.78. The van der Waals surface area contributed by atoms with E-state index in [2.05, 4.69) is 4.74 Å². The van der Waals surface area contributed by atoms with E-state index in [1.54, 1.807) is 24.9 Å². The monoisotopic (exact) mass is 267 g/mol. The molecule has 0 aliphatic heterocycles. The lowest BCUT2D eigenvalue weighted by Gasteiger charge is -2.16. The quantitative estimate of drug-likeness (QED) is 0.768. The van der Waals surface area contributed by atoms with Crippen LogP contribution in [0.3, 0.4) is 0 Å². The summed E-state index contributed by atoms with van der Waals surface area (Å²) in [7, 11) is 3.05. The number of esters is 1. The maximum atomic E-state index is 11.8. The Kier molecular flexibility index (Phi) is 5.15. The molecule has 5 nitrogen and oxygen atoms in total. The summed E-state index contributed by atoms with van der Waals surface area (Å²) in [5, 5.41) is 0. The van der Waals surface area contributed by atoms with Crippen molar-refractivity contribution in [2.75, 3.05) is 14.2 Å². The number of aryl methyl sites for hydroxylation is 1. The van der Waals surface area contributed by atoms with Crippen LogP contribution in [-0.4, -0.2) is 30.9 Å². The Morgan fingerprint density at radius 2 is 2.05 bits per heavy atom. The van der Waals surface area contributed by atoms with E-state index in [0.29, 0.717) is 36.0 Å². The number of furan rings is 1. The van der Waals surface area contributed by atoms with Crippen LogP contribution in [-0.2, 0) is 16.1 Å². The first-order valence-electron chi connectivity index (χ1n) is 6.26. The minimum Gasteiger partial charge on any atom is -0.465 e. The van der Waals surface area contributed by atoms with Crippen LogP contribution in [0.4, 0.5) is 0 Å². The second-order valence-electron chi connectivity index (χ2n) is 5.02. The van der Waals surface area contributed by atoms with E-state index in [0.717, 1.165) is 0 Å². The summed E-state index contributed by atoms with van der Waals surface area (Å²) in [6.07, 6.45) is 0.500. The van der Waals surface area contributed by atoms with Gasteiger partial charge in [0.25, 0.3) is 0 Å². The molecule has 5 heteroatoms. The molecule has 19 heavy (non-hydrogen) atoms. The van der Waals surface area contributed by atoms with Crippen molar-refractivity contribution in [3.05, 3.63) is 23.2 Å². The molecule has 1 aromatic heterocycles. The van der Waals surface area contributed by atoms with Crippen LogP contribution < -0.4 is 0 Å². The third kappa shape index (κ3) is 4.12. The molecule has 0 bridgehead atoms. The van der Waals surface area contributed by atoms with Crippen molar-refractivity contribution in [2.45, 2.75) is 33.7 Å². The molecule has 0 unspecified atom stereocenters. The molecule has 106 valence electrons. The molecule has 0 saturated heterocycles. The zero-order valence-electron chi connectivity index (χ0n) is 12.1. The van der Waals surface area contributed by atoms with Crippen LogP contribution >= 0.6 is 0 Å². The highest BCUT2D eigenvalue weighted by Gasteiger charge is 2.18. The van der Waals surface area contributed by atoms with Crippen molar-refractivity contribution in [2.24, 2.45) is 5.92 Å². The number of rotatable bonds is 5. The molecule has 1 aromatic rings. The van der Waals surface area contributed by atoms with Crippen LogP contribution in [0.15, 0.2) is 10.5 Å². The smallest absolute Gasteiger partial charge is 0.341 e. The SMILES string of the molecule is COC(=O)c1cc(CN(C)C(=O)CC(C)C)oc1C. The molecule has 0 atom stereocenters. The number of hydrogen-bond donors (Lipinski definition) is 0. The topological polar surface area (TPSA) is 59.8 Å². The predicted octanol–water partition coefficient (Wildman–Crippen LogP) is 2.38. The van der Waals surface area contributed by atoms with E-state index in [1.165, 1.54) is 7.11 Å². The van der Waals surface area contributed by atoms with Gasteiger partial charge in [-0.3, -0.25) is 4.79 Å². The number of ether oxygens (including phenoxy) is 1. The van der Waals surface area contributed by atoms with E-state index >= 15 is 0 Å². The van der Waals surface area contributed by atoms with Crippen molar-refractivity contribution >= 4 is 11.9 Å². The van der Waals surface area contributed by atoms with E-state index in [9.17, 15) is 9.59 Å². The molecule has 1 heterocycles. The number of amides is 1. The van der Waals surface area contributed by atoms with Crippen molar-refractivity contribution in [3.8, 4) is 0 Å². The Balaban J connectivity index is 2.72. The molecule has 0 radical (unpaired) electrons. The Labute approximate surface area is 113 Å². The Morgan fingerprint density at radius 1 is 1.42 bits per heavy atom. The minimum absolute atomic E-state index is 0.0590. The van der Waals surface area contributed by atoms with Gasteiger partial charge in [0.05, 0.1) is 13.7 Å². The summed E-state index contributed by atoms with van der Waals surface area (Å²) in [6, 6.07) is 1.63. The van der Waals surface area contributed by atoms with Crippen molar-refractivity contribution < 1.29 is 18.7 Å². The van der Waals surface area contributed by atoms with Gasteiger partial charge in [0.2, 0.25) is 5.91 Å². The molecule has 0 aliphatic carbocycles. The van der Waals surface area contributed by atoms with Crippen molar-refractivity contribution in [1.82, 2.24) is 4.90 Å². The maximum absolute atomic E-state index is 11.8. The van der Waals surface area contributed by atoms with Gasteiger partial charge in [0, 0.05) is 13.5 Å². The van der Waals surface area contributed by atoms with E-state index < -0.39 is 5.97 Å². The van der Waals surface area contributed by atoms with Gasteiger partial charge < -0.3 is 14.1 Å². The Hall–Kier alpha value is -1.78. The first-order valence-corrected chi connectivity index (χ1v) is 6.26. The van der Waals surface area contributed by atoms with Gasteiger partial charge in [-0.1, -0.05) is 13.8 Å². The molecular weight excluding hydrogens is 246 g/mol. The van der Waals surface area contributed by atoms with Gasteiger partial charge in [0.15, 0.2) is 0 Å². The lowest BCUT2D eigenvalue weighted by Crippen LogP contribution is -2.26. The van der Waals surface area contributed by atoms with Crippen molar-refractivity contribution in [3.63, 3.8) is 0 Å². The summed E-state index contributed by atoms with van der Waals surface area (Å²) in [5.74, 6) is 1.04. The highest BCUT2D eigenvalue weighted by atomic mass is 16.5. The molecule has 0 aromatic carbocycles. The second kappa shape index (κ2) is 6.41. The maximum Gasteiger partial charge on any atom is 0.341 e. The summed E-state index contributed by atoms with van der Waals surface area (Å²) in [4.78, 5) is 24.9. The Bertz CT molecular complexity index is 462. The van der Waals surface area contributed by atoms with E-state index in [-0.39, 0.29) is 5.91 Å². The number of methoxy groups -OCH3 is 1. The fourth-order valence-electron chi connectivity index (χ4n) is 1.76. The molecule has 0 aliphatic rings. The molecule has 0 saturated carbocycles. The van der Waals surface area contributed by atoms with Crippen LogP contribution in [0.2, 0.25) is 0 Å². The molecule has 0 spiro atoms. The normalized spacial score (nSPS) is 10.6. The van der Waals surface area contributed by atoms with Gasteiger partial charge in [-0.25, -0.2) is 4.79 Å². The van der Waals surface area contributed by atoms with Crippen LogP contribution in [0.5, 0.6) is 0 Å². The van der Waals surface area contributed by atoms with E-state index in [4.69, 9.17) is 4.42 Å². The average Bonchev–Trinajstić information content (AvgIpc) is 2.68. The number of hydrogen-bond acceptors (Lipinski definition) is 4. The summed E-state index contributed by atoms with van der Waals surface area (Å²) < 4.78 is 10.1. The fraction of sp³-hybridized carbons (Fsp3) is 0.571. The third-order valence-electron chi connectivity index (χ3n) is 2.78. The van der Waals surface area contributed by atoms with Gasteiger partial charge in [-0.2, -0.15) is 0 Å². The Morgan fingerprint density at radius 3 is 2.58 bits per heavy atom. The molecular formula is C14H21NO4. The minimum atomic E-state index is -0.427. The first kappa shape index (κ1) is 15.3. The fourth-order valence-corrected chi connectivity index (χ4v) is 1.76.